The topological polar surface area (TPSA) is 76.0 Å². The lowest BCUT2D eigenvalue weighted by Crippen LogP contribution is -2.30. The number of benzene rings is 2. The highest BCUT2D eigenvalue weighted by molar-refractivity contribution is 5.94. The Morgan fingerprint density at radius 1 is 1.10 bits per heavy atom. The number of hydrogen-bond acceptors (Lipinski definition) is 4. The molecule has 0 saturated carbocycles. The van der Waals surface area contributed by atoms with E-state index >= 15 is 0 Å². The van der Waals surface area contributed by atoms with E-state index < -0.39 is 5.69 Å². The maximum Gasteiger partial charge on any atom is 0.350 e. The molecule has 0 radical (unpaired) electrons. The molecule has 2 N–H and O–H groups in total. The van der Waals surface area contributed by atoms with Crippen molar-refractivity contribution < 1.29 is 4.79 Å². The van der Waals surface area contributed by atoms with Gasteiger partial charge in [-0.15, -0.1) is 0 Å². The van der Waals surface area contributed by atoms with Crippen LogP contribution in [0.2, 0.25) is 0 Å². The van der Waals surface area contributed by atoms with Crippen LogP contribution in [0.3, 0.4) is 0 Å². The van der Waals surface area contributed by atoms with E-state index in [4.69, 9.17) is 0 Å². The van der Waals surface area contributed by atoms with Crippen LogP contribution in [0.5, 0.6) is 0 Å². The molecular formula is C24H30N4O2. The second kappa shape index (κ2) is 9.11. The van der Waals surface area contributed by atoms with Crippen LogP contribution < -0.4 is 16.3 Å². The smallest absolute Gasteiger partial charge is 0.350 e. The van der Waals surface area contributed by atoms with E-state index in [1.807, 2.05) is 57.2 Å². The van der Waals surface area contributed by atoms with Crippen LogP contribution in [0.25, 0.3) is 10.9 Å². The summed E-state index contributed by atoms with van der Waals surface area (Å²) in [6.07, 6.45) is 0.983. The van der Waals surface area contributed by atoms with E-state index in [0.29, 0.717) is 17.3 Å². The van der Waals surface area contributed by atoms with Gasteiger partial charge in [-0.1, -0.05) is 43.7 Å². The monoisotopic (exact) mass is 406 g/mol. The number of fused-ring (bicyclic) bond motifs is 1. The number of nitrogens with zero attached hydrogens (tertiary/aromatic N) is 2. The van der Waals surface area contributed by atoms with Gasteiger partial charge >= 0.3 is 5.69 Å². The Kier molecular flexibility index (Phi) is 6.55. The van der Waals surface area contributed by atoms with Gasteiger partial charge in [-0.2, -0.15) is 4.98 Å². The predicted octanol–water partition coefficient (Wildman–Crippen LogP) is 4.42. The van der Waals surface area contributed by atoms with Gasteiger partial charge in [0.2, 0.25) is 5.91 Å². The summed E-state index contributed by atoms with van der Waals surface area (Å²) in [7, 11) is 0. The first-order valence-electron chi connectivity index (χ1n) is 10.4. The van der Waals surface area contributed by atoms with Crippen LogP contribution in [0.4, 0.5) is 11.5 Å². The van der Waals surface area contributed by atoms with Crippen molar-refractivity contribution in [2.75, 3.05) is 17.2 Å². The van der Waals surface area contributed by atoms with Gasteiger partial charge in [0.05, 0.1) is 5.52 Å². The van der Waals surface area contributed by atoms with E-state index in [-0.39, 0.29) is 12.5 Å². The number of aryl methyl sites for hydroxylation is 3. The second-order valence-electron chi connectivity index (χ2n) is 8.28. The highest BCUT2D eigenvalue weighted by Crippen LogP contribution is 2.23. The maximum atomic E-state index is 12.8. The number of aromatic nitrogens is 2. The molecule has 0 spiro atoms. The number of amides is 1. The second-order valence-corrected chi connectivity index (χ2v) is 8.28. The number of anilines is 2. The maximum absolute atomic E-state index is 12.8. The Balaban J connectivity index is 1.89. The van der Waals surface area contributed by atoms with Crippen molar-refractivity contribution in [2.24, 2.45) is 5.92 Å². The van der Waals surface area contributed by atoms with Crippen LogP contribution in [0, 0.1) is 26.7 Å². The highest BCUT2D eigenvalue weighted by atomic mass is 16.2. The van der Waals surface area contributed by atoms with E-state index in [2.05, 4.69) is 29.5 Å². The Labute approximate surface area is 177 Å². The molecule has 3 aromatic rings. The lowest BCUT2D eigenvalue weighted by Gasteiger charge is -2.16. The first-order valence-corrected chi connectivity index (χ1v) is 10.4. The van der Waals surface area contributed by atoms with Gasteiger partial charge in [-0.25, -0.2) is 4.79 Å². The standard InChI is InChI=1S/C24H30N4O2/c1-15(2)10-11-25-23-19-8-6-7-9-20(19)28(24(30)27-23)14-21(29)26-22-17(4)12-16(3)13-18(22)5/h6-9,12-13,15H,10-11,14H2,1-5H3,(H,26,29)(H,25,27,30). The minimum atomic E-state index is -0.437. The molecule has 6 heteroatoms. The number of hydrogen-bond donors (Lipinski definition) is 2. The summed E-state index contributed by atoms with van der Waals surface area (Å²) >= 11 is 0. The first-order chi connectivity index (χ1) is 14.3. The number of nitrogens with one attached hydrogen (secondary N) is 2. The van der Waals surface area contributed by atoms with Crippen molar-refractivity contribution in [3.05, 3.63) is 63.6 Å². The molecule has 0 aliphatic rings. The zero-order valence-electron chi connectivity index (χ0n) is 18.4. The molecule has 2 aromatic carbocycles. The van der Waals surface area contributed by atoms with Crippen molar-refractivity contribution in [3.8, 4) is 0 Å². The van der Waals surface area contributed by atoms with Crippen LogP contribution in [-0.4, -0.2) is 22.0 Å². The number of carbonyl (C=O) groups excluding carboxylic acids is 1. The van der Waals surface area contributed by atoms with Crippen LogP contribution in [0.1, 0.15) is 37.0 Å². The molecular weight excluding hydrogens is 376 g/mol. The SMILES string of the molecule is Cc1cc(C)c(NC(=O)Cn2c(=O)nc(NCCC(C)C)c3ccccc32)c(C)c1. The summed E-state index contributed by atoms with van der Waals surface area (Å²) < 4.78 is 1.43. The fourth-order valence-corrected chi connectivity index (χ4v) is 3.70. The molecule has 0 saturated heterocycles. The predicted molar refractivity (Wildman–Crippen MR) is 123 cm³/mol. The number of para-hydroxylation sites is 1. The summed E-state index contributed by atoms with van der Waals surface area (Å²) in [5.41, 5.74) is 4.20. The molecule has 30 heavy (non-hydrogen) atoms. The minimum Gasteiger partial charge on any atom is -0.369 e. The van der Waals surface area contributed by atoms with E-state index in [1.165, 1.54) is 4.57 Å². The molecule has 6 nitrogen and oxygen atoms in total. The van der Waals surface area contributed by atoms with Crippen LogP contribution in [0.15, 0.2) is 41.2 Å². The fraction of sp³-hybridized carbons (Fsp3) is 0.375. The molecule has 1 aromatic heterocycles. The van der Waals surface area contributed by atoms with E-state index in [9.17, 15) is 9.59 Å². The molecule has 0 fully saturated rings. The van der Waals surface area contributed by atoms with Crippen molar-refractivity contribution in [1.82, 2.24) is 9.55 Å². The molecule has 0 atom stereocenters. The Hall–Kier alpha value is -3.15. The third kappa shape index (κ3) is 4.87. The summed E-state index contributed by atoms with van der Waals surface area (Å²) in [6.45, 7) is 10.9. The third-order valence-corrected chi connectivity index (χ3v) is 5.15. The average molecular weight is 407 g/mol. The minimum absolute atomic E-state index is 0.0919. The quantitative estimate of drug-likeness (QED) is 0.609. The first kappa shape index (κ1) is 21.6. The van der Waals surface area contributed by atoms with Gasteiger partial charge in [-0.05, 0) is 56.4 Å². The van der Waals surface area contributed by atoms with E-state index in [1.54, 1.807) is 0 Å². The molecule has 0 bridgehead atoms. The lowest BCUT2D eigenvalue weighted by molar-refractivity contribution is -0.116. The molecule has 158 valence electrons. The molecule has 1 amide bonds. The normalized spacial score (nSPS) is 11.1. The Bertz CT molecular complexity index is 1110. The number of carbonyl (C=O) groups is 1. The Morgan fingerprint density at radius 2 is 1.77 bits per heavy atom. The van der Waals surface area contributed by atoms with Crippen LogP contribution in [-0.2, 0) is 11.3 Å². The van der Waals surface area contributed by atoms with Gasteiger partial charge in [0.25, 0.3) is 0 Å². The van der Waals surface area contributed by atoms with Crippen molar-refractivity contribution in [2.45, 2.75) is 47.6 Å². The summed E-state index contributed by atoms with van der Waals surface area (Å²) in [5.74, 6) is 0.874. The fourth-order valence-electron chi connectivity index (χ4n) is 3.70. The summed E-state index contributed by atoms with van der Waals surface area (Å²) in [5, 5.41) is 7.07. The van der Waals surface area contributed by atoms with Gasteiger partial charge in [0.1, 0.15) is 12.4 Å². The van der Waals surface area contributed by atoms with Crippen molar-refractivity contribution in [3.63, 3.8) is 0 Å². The van der Waals surface area contributed by atoms with Crippen molar-refractivity contribution >= 4 is 28.3 Å². The largest absolute Gasteiger partial charge is 0.369 e. The molecule has 0 aliphatic carbocycles. The zero-order valence-corrected chi connectivity index (χ0v) is 18.4. The Morgan fingerprint density at radius 3 is 2.43 bits per heavy atom. The number of rotatable bonds is 7. The summed E-state index contributed by atoms with van der Waals surface area (Å²) in [4.78, 5) is 29.8. The van der Waals surface area contributed by atoms with Gasteiger partial charge in [0.15, 0.2) is 0 Å². The van der Waals surface area contributed by atoms with Gasteiger partial charge in [-0.3, -0.25) is 9.36 Å². The third-order valence-electron chi connectivity index (χ3n) is 5.15. The molecule has 1 heterocycles. The van der Waals surface area contributed by atoms with Gasteiger partial charge < -0.3 is 10.6 Å². The molecule has 0 aliphatic heterocycles. The van der Waals surface area contributed by atoms with Crippen LogP contribution >= 0.6 is 0 Å². The average Bonchev–Trinajstić information content (AvgIpc) is 2.67. The van der Waals surface area contributed by atoms with Crippen molar-refractivity contribution in [1.29, 1.82) is 0 Å². The lowest BCUT2D eigenvalue weighted by atomic mass is 10.1. The van der Waals surface area contributed by atoms with E-state index in [0.717, 1.165) is 40.7 Å². The molecule has 0 unspecified atom stereocenters. The van der Waals surface area contributed by atoms with Gasteiger partial charge in [0, 0.05) is 17.6 Å². The zero-order chi connectivity index (χ0) is 21.8. The molecule has 3 rings (SSSR count). The summed E-state index contributed by atoms with van der Waals surface area (Å²) in [6, 6.07) is 11.6. The highest BCUT2D eigenvalue weighted by Gasteiger charge is 2.14.